The lowest BCUT2D eigenvalue weighted by Gasteiger charge is -2.40. The van der Waals surface area contributed by atoms with Gasteiger partial charge < -0.3 is 10.2 Å². The molecular formula is C21H23ClN2O2. The van der Waals surface area contributed by atoms with Crippen LogP contribution in [0.1, 0.15) is 36.9 Å². The SMILES string of the molecule is CCN1C(=O)CC[C@@H](C(=O)NCc2cccc(Cl)c2)[C@@H]1c1ccccc1. The van der Waals surface area contributed by atoms with Crippen LogP contribution in [-0.2, 0) is 16.1 Å². The number of halogens is 1. The number of hydrogen-bond donors (Lipinski definition) is 1. The predicted molar refractivity (Wildman–Crippen MR) is 103 cm³/mol. The van der Waals surface area contributed by atoms with Crippen LogP contribution in [0, 0.1) is 5.92 Å². The van der Waals surface area contributed by atoms with Crippen molar-refractivity contribution >= 4 is 23.4 Å². The summed E-state index contributed by atoms with van der Waals surface area (Å²) < 4.78 is 0. The van der Waals surface area contributed by atoms with Crippen molar-refractivity contribution < 1.29 is 9.59 Å². The van der Waals surface area contributed by atoms with E-state index in [-0.39, 0.29) is 23.8 Å². The van der Waals surface area contributed by atoms with Crippen molar-refractivity contribution in [2.24, 2.45) is 5.92 Å². The molecule has 1 heterocycles. The maximum atomic E-state index is 12.9. The van der Waals surface area contributed by atoms with Crippen molar-refractivity contribution in [2.75, 3.05) is 6.54 Å². The van der Waals surface area contributed by atoms with Crippen LogP contribution in [0.3, 0.4) is 0 Å². The Morgan fingerprint density at radius 3 is 2.65 bits per heavy atom. The minimum atomic E-state index is -0.255. The molecule has 3 rings (SSSR count). The second kappa shape index (κ2) is 8.37. The van der Waals surface area contributed by atoms with Gasteiger partial charge in [-0.1, -0.05) is 54.1 Å². The molecule has 0 aliphatic carbocycles. The Hall–Kier alpha value is -2.33. The molecule has 26 heavy (non-hydrogen) atoms. The highest BCUT2D eigenvalue weighted by atomic mass is 35.5. The summed E-state index contributed by atoms with van der Waals surface area (Å²) in [4.78, 5) is 27.1. The Morgan fingerprint density at radius 1 is 1.19 bits per heavy atom. The molecule has 2 amide bonds. The summed E-state index contributed by atoms with van der Waals surface area (Å²) in [7, 11) is 0. The summed E-state index contributed by atoms with van der Waals surface area (Å²) in [5, 5.41) is 3.67. The van der Waals surface area contributed by atoms with Gasteiger partial charge in [0.1, 0.15) is 0 Å². The Labute approximate surface area is 159 Å². The quantitative estimate of drug-likeness (QED) is 0.866. The van der Waals surface area contributed by atoms with Gasteiger partial charge >= 0.3 is 0 Å². The van der Waals surface area contributed by atoms with Gasteiger partial charge in [-0.2, -0.15) is 0 Å². The minimum absolute atomic E-state index is 0.0234. The van der Waals surface area contributed by atoms with Gasteiger partial charge in [-0.25, -0.2) is 0 Å². The van der Waals surface area contributed by atoms with Gasteiger partial charge in [0, 0.05) is 24.5 Å². The Bertz CT molecular complexity index is 779. The number of nitrogens with zero attached hydrogens (tertiary/aromatic N) is 1. The number of carbonyl (C=O) groups is 2. The molecule has 0 radical (unpaired) electrons. The average Bonchev–Trinajstić information content (AvgIpc) is 2.66. The van der Waals surface area contributed by atoms with E-state index in [0.717, 1.165) is 11.1 Å². The third kappa shape index (κ3) is 4.07. The van der Waals surface area contributed by atoms with E-state index in [1.165, 1.54) is 0 Å². The molecule has 1 fully saturated rings. The van der Waals surface area contributed by atoms with Crippen molar-refractivity contribution in [1.82, 2.24) is 10.2 Å². The highest BCUT2D eigenvalue weighted by molar-refractivity contribution is 6.30. The smallest absolute Gasteiger partial charge is 0.225 e. The molecule has 0 saturated carbocycles. The zero-order valence-corrected chi connectivity index (χ0v) is 15.6. The summed E-state index contributed by atoms with van der Waals surface area (Å²) >= 11 is 6.01. The minimum Gasteiger partial charge on any atom is -0.352 e. The number of hydrogen-bond acceptors (Lipinski definition) is 2. The van der Waals surface area contributed by atoms with Crippen molar-refractivity contribution in [3.05, 3.63) is 70.7 Å². The second-order valence-electron chi connectivity index (χ2n) is 6.53. The van der Waals surface area contributed by atoms with Crippen molar-refractivity contribution in [3.8, 4) is 0 Å². The maximum Gasteiger partial charge on any atom is 0.225 e. The molecule has 0 spiro atoms. The summed E-state index contributed by atoms with van der Waals surface area (Å²) in [5.74, 6) is -0.167. The van der Waals surface area contributed by atoms with E-state index < -0.39 is 0 Å². The first kappa shape index (κ1) is 18.5. The molecule has 136 valence electrons. The van der Waals surface area contributed by atoms with E-state index >= 15 is 0 Å². The lowest BCUT2D eigenvalue weighted by Crippen LogP contribution is -2.47. The van der Waals surface area contributed by atoms with Crippen molar-refractivity contribution in [3.63, 3.8) is 0 Å². The van der Waals surface area contributed by atoms with Crippen LogP contribution < -0.4 is 5.32 Å². The van der Waals surface area contributed by atoms with E-state index in [4.69, 9.17) is 11.6 Å². The molecule has 0 aromatic heterocycles. The van der Waals surface area contributed by atoms with Crippen LogP contribution in [0.15, 0.2) is 54.6 Å². The Morgan fingerprint density at radius 2 is 1.96 bits per heavy atom. The molecule has 1 saturated heterocycles. The van der Waals surface area contributed by atoms with Gasteiger partial charge in [-0.05, 0) is 36.6 Å². The van der Waals surface area contributed by atoms with Crippen molar-refractivity contribution in [1.29, 1.82) is 0 Å². The third-order valence-corrected chi connectivity index (χ3v) is 5.12. The molecule has 1 aliphatic rings. The largest absolute Gasteiger partial charge is 0.352 e. The van der Waals surface area contributed by atoms with E-state index in [2.05, 4.69) is 5.32 Å². The lowest BCUT2D eigenvalue weighted by molar-refractivity contribution is -0.143. The molecule has 4 nitrogen and oxygen atoms in total. The summed E-state index contributed by atoms with van der Waals surface area (Å²) in [6.45, 7) is 2.98. The monoisotopic (exact) mass is 370 g/mol. The van der Waals surface area contributed by atoms with Gasteiger partial charge in [0.15, 0.2) is 0 Å². The molecule has 0 bridgehead atoms. The molecule has 2 aromatic carbocycles. The topological polar surface area (TPSA) is 49.4 Å². The van der Waals surface area contributed by atoms with Crippen LogP contribution in [0.2, 0.25) is 5.02 Å². The number of likely N-dealkylation sites (tertiary alicyclic amines) is 1. The normalized spacial score (nSPS) is 20.1. The Kier molecular flexibility index (Phi) is 5.94. The van der Waals surface area contributed by atoms with Gasteiger partial charge in [-0.15, -0.1) is 0 Å². The van der Waals surface area contributed by atoms with E-state index in [0.29, 0.717) is 31.0 Å². The van der Waals surface area contributed by atoms with Crippen LogP contribution in [0.25, 0.3) is 0 Å². The molecule has 0 unspecified atom stereocenters. The number of rotatable bonds is 5. The predicted octanol–water partition coefficient (Wildman–Crippen LogP) is 3.96. The molecular weight excluding hydrogens is 348 g/mol. The van der Waals surface area contributed by atoms with Crippen LogP contribution in [-0.4, -0.2) is 23.3 Å². The fourth-order valence-corrected chi connectivity index (χ4v) is 3.84. The second-order valence-corrected chi connectivity index (χ2v) is 6.96. The average molecular weight is 371 g/mol. The number of nitrogens with one attached hydrogen (secondary N) is 1. The zero-order valence-electron chi connectivity index (χ0n) is 14.8. The highest BCUT2D eigenvalue weighted by Gasteiger charge is 2.39. The molecule has 1 N–H and O–H groups in total. The maximum absolute atomic E-state index is 12.9. The van der Waals surface area contributed by atoms with E-state index in [9.17, 15) is 9.59 Å². The third-order valence-electron chi connectivity index (χ3n) is 4.88. The fraction of sp³-hybridized carbons (Fsp3) is 0.333. The van der Waals surface area contributed by atoms with E-state index in [1.54, 1.807) is 0 Å². The summed E-state index contributed by atoms with van der Waals surface area (Å²) in [6, 6.07) is 17.1. The first-order valence-electron chi connectivity index (χ1n) is 8.96. The zero-order chi connectivity index (χ0) is 18.5. The van der Waals surface area contributed by atoms with Gasteiger partial charge in [0.2, 0.25) is 11.8 Å². The molecule has 2 atom stereocenters. The fourth-order valence-electron chi connectivity index (χ4n) is 3.63. The highest BCUT2D eigenvalue weighted by Crippen LogP contribution is 2.36. The van der Waals surface area contributed by atoms with Crippen molar-refractivity contribution in [2.45, 2.75) is 32.4 Å². The van der Waals surface area contributed by atoms with Crippen LogP contribution >= 0.6 is 11.6 Å². The van der Waals surface area contributed by atoms with Gasteiger partial charge in [0.05, 0.1) is 12.0 Å². The lowest BCUT2D eigenvalue weighted by atomic mass is 9.83. The summed E-state index contributed by atoms with van der Waals surface area (Å²) in [5.41, 5.74) is 1.96. The molecule has 5 heteroatoms. The first-order chi connectivity index (χ1) is 12.6. The summed E-state index contributed by atoms with van der Waals surface area (Å²) in [6.07, 6.45) is 0.975. The van der Waals surface area contributed by atoms with Gasteiger partial charge in [0.25, 0.3) is 0 Å². The van der Waals surface area contributed by atoms with E-state index in [1.807, 2.05) is 66.4 Å². The first-order valence-corrected chi connectivity index (χ1v) is 9.34. The number of amides is 2. The number of piperidine rings is 1. The van der Waals surface area contributed by atoms with Crippen LogP contribution in [0.4, 0.5) is 0 Å². The van der Waals surface area contributed by atoms with Gasteiger partial charge in [-0.3, -0.25) is 9.59 Å². The number of benzene rings is 2. The number of carbonyl (C=O) groups excluding carboxylic acids is 2. The molecule has 1 aliphatic heterocycles. The standard InChI is InChI=1S/C21H23ClN2O2/c1-2-24-19(25)12-11-18(20(24)16-8-4-3-5-9-16)21(26)23-14-15-7-6-10-17(22)13-15/h3-10,13,18,20H,2,11-12,14H2,1H3,(H,23,26)/t18-,20+/m1/s1. The molecule has 2 aromatic rings. The Balaban J connectivity index is 1.79. The van der Waals surface area contributed by atoms with Crippen LogP contribution in [0.5, 0.6) is 0 Å².